The Morgan fingerprint density at radius 1 is 1.25 bits per heavy atom. The molecule has 0 aliphatic heterocycles. The number of anilines is 2. The SMILES string of the molecule is CCCNc1nc(NC(C)CS(C)(=O)=O)nc(OC)n1. The Balaban J connectivity index is 2.82. The number of aromatic nitrogens is 3. The molecule has 20 heavy (non-hydrogen) atoms. The summed E-state index contributed by atoms with van der Waals surface area (Å²) >= 11 is 0. The smallest absolute Gasteiger partial charge is 0.322 e. The van der Waals surface area contributed by atoms with E-state index in [1.54, 1.807) is 6.92 Å². The average Bonchev–Trinajstić information content (AvgIpc) is 2.33. The van der Waals surface area contributed by atoms with Crippen molar-refractivity contribution in [3.8, 4) is 6.01 Å². The molecule has 1 atom stereocenters. The standard InChI is InChI=1S/C11H21N5O3S/c1-5-6-12-9-14-10(16-11(15-9)19-3)13-8(2)7-20(4,17)18/h8H,5-7H2,1-4H3,(H2,12,13,14,15,16). The summed E-state index contributed by atoms with van der Waals surface area (Å²) in [4.78, 5) is 12.3. The number of methoxy groups -OCH3 is 1. The molecule has 1 rings (SSSR count). The zero-order chi connectivity index (χ0) is 15.2. The molecular weight excluding hydrogens is 282 g/mol. The lowest BCUT2D eigenvalue weighted by Crippen LogP contribution is -2.26. The Hall–Kier alpha value is -1.64. The Labute approximate surface area is 119 Å². The van der Waals surface area contributed by atoms with Crippen molar-refractivity contribution in [1.82, 2.24) is 15.0 Å². The minimum atomic E-state index is -3.06. The van der Waals surface area contributed by atoms with Crippen LogP contribution >= 0.6 is 0 Å². The highest BCUT2D eigenvalue weighted by molar-refractivity contribution is 7.90. The van der Waals surface area contributed by atoms with Gasteiger partial charge in [-0.2, -0.15) is 15.0 Å². The molecule has 9 heteroatoms. The number of hydrogen-bond acceptors (Lipinski definition) is 8. The largest absolute Gasteiger partial charge is 0.467 e. The second-order valence-electron chi connectivity index (χ2n) is 4.53. The van der Waals surface area contributed by atoms with E-state index in [4.69, 9.17) is 4.74 Å². The van der Waals surface area contributed by atoms with Gasteiger partial charge in [0.2, 0.25) is 11.9 Å². The fourth-order valence-corrected chi connectivity index (χ4v) is 2.54. The van der Waals surface area contributed by atoms with Gasteiger partial charge in [-0.3, -0.25) is 0 Å². The van der Waals surface area contributed by atoms with Crippen molar-refractivity contribution >= 4 is 21.7 Å². The van der Waals surface area contributed by atoms with Crippen molar-refractivity contribution in [2.75, 3.05) is 36.3 Å². The second-order valence-corrected chi connectivity index (χ2v) is 6.72. The van der Waals surface area contributed by atoms with Crippen LogP contribution in [-0.2, 0) is 9.84 Å². The third kappa shape index (κ3) is 6.00. The third-order valence-electron chi connectivity index (χ3n) is 2.26. The topological polar surface area (TPSA) is 106 Å². The molecule has 0 aliphatic rings. The molecule has 0 radical (unpaired) electrons. The number of rotatable bonds is 8. The molecule has 2 N–H and O–H groups in total. The van der Waals surface area contributed by atoms with E-state index in [0.717, 1.165) is 13.0 Å². The molecule has 8 nitrogen and oxygen atoms in total. The Morgan fingerprint density at radius 3 is 2.45 bits per heavy atom. The Bertz CT molecular complexity index is 535. The van der Waals surface area contributed by atoms with Gasteiger partial charge in [0, 0.05) is 18.8 Å². The molecule has 0 spiro atoms. The van der Waals surface area contributed by atoms with Crippen LogP contribution in [0.4, 0.5) is 11.9 Å². The predicted octanol–water partition coefficient (Wildman–Crippen LogP) is 0.547. The first-order chi connectivity index (χ1) is 9.34. The first-order valence-electron chi connectivity index (χ1n) is 6.32. The number of nitrogens with zero attached hydrogens (tertiary/aromatic N) is 3. The van der Waals surface area contributed by atoms with Crippen molar-refractivity contribution in [2.45, 2.75) is 26.3 Å². The highest BCUT2D eigenvalue weighted by Crippen LogP contribution is 2.12. The van der Waals surface area contributed by atoms with Gasteiger partial charge in [-0.05, 0) is 13.3 Å². The van der Waals surface area contributed by atoms with Crippen LogP contribution in [0.1, 0.15) is 20.3 Å². The van der Waals surface area contributed by atoms with Gasteiger partial charge in [-0.25, -0.2) is 8.42 Å². The van der Waals surface area contributed by atoms with Gasteiger partial charge in [0.15, 0.2) is 0 Å². The van der Waals surface area contributed by atoms with Gasteiger partial charge in [0.05, 0.1) is 12.9 Å². The van der Waals surface area contributed by atoms with E-state index < -0.39 is 9.84 Å². The molecule has 0 aliphatic carbocycles. The molecule has 1 heterocycles. The van der Waals surface area contributed by atoms with E-state index in [1.165, 1.54) is 13.4 Å². The van der Waals surface area contributed by atoms with Crippen molar-refractivity contribution < 1.29 is 13.2 Å². The fourth-order valence-electron chi connectivity index (χ4n) is 1.54. The highest BCUT2D eigenvalue weighted by atomic mass is 32.2. The van der Waals surface area contributed by atoms with Crippen LogP contribution in [0.2, 0.25) is 0 Å². The second kappa shape index (κ2) is 7.22. The van der Waals surface area contributed by atoms with Crippen LogP contribution < -0.4 is 15.4 Å². The molecule has 1 unspecified atom stereocenters. The first-order valence-corrected chi connectivity index (χ1v) is 8.38. The molecule has 1 aromatic rings. The van der Waals surface area contributed by atoms with Crippen LogP contribution in [0.25, 0.3) is 0 Å². The summed E-state index contributed by atoms with van der Waals surface area (Å²) < 4.78 is 27.5. The zero-order valence-electron chi connectivity index (χ0n) is 12.2. The van der Waals surface area contributed by atoms with Gasteiger partial charge in [-0.1, -0.05) is 6.92 Å². The molecule has 114 valence electrons. The maximum absolute atomic E-state index is 11.2. The minimum Gasteiger partial charge on any atom is -0.467 e. The lowest BCUT2D eigenvalue weighted by Gasteiger charge is -2.13. The number of nitrogens with one attached hydrogen (secondary N) is 2. The predicted molar refractivity (Wildman–Crippen MR) is 78.0 cm³/mol. The lowest BCUT2D eigenvalue weighted by molar-refractivity contribution is 0.379. The summed E-state index contributed by atoms with van der Waals surface area (Å²) in [7, 11) is -1.60. The van der Waals surface area contributed by atoms with Gasteiger partial charge in [0.1, 0.15) is 9.84 Å². The molecule has 0 fully saturated rings. The molecule has 0 saturated heterocycles. The molecular formula is C11H21N5O3S. The van der Waals surface area contributed by atoms with Crippen LogP contribution in [0.5, 0.6) is 6.01 Å². The first kappa shape index (κ1) is 16.4. The average molecular weight is 303 g/mol. The van der Waals surface area contributed by atoms with Gasteiger partial charge >= 0.3 is 6.01 Å². The van der Waals surface area contributed by atoms with E-state index in [-0.39, 0.29) is 23.8 Å². The Morgan fingerprint density at radius 2 is 1.90 bits per heavy atom. The van der Waals surface area contributed by atoms with Crippen LogP contribution in [0.15, 0.2) is 0 Å². The number of ether oxygens (including phenoxy) is 1. The van der Waals surface area contributed by atoms with Gasteiger partial charge in [-0.15, -0.1) is 0 Å². The summed E-state index contributed by atoms with van der Waals surface area (Å²) in [6.07, 6.45) is 2.12. The van der Waals surface area contributed by atoms with Crippen molar-refractivity contribution in [3.05, 3.63) is 0 Å². The third-order valence-corrected chi connectivity index (χ3v) is 3.36. The molecule has 1 aromatic heterocycles. The quantitative estimate of drug-likeness (QED) is 0.717. The van der Waals surface area contributed by atoms with Crippen LogP contribution in [0.3, 0.4) is 0 Å². The number of sulfone groups is 1. The maximum Gasteiger partial charge on any atom is 0.322 e. The van der Waals surface area contributed by atoms with E-state index >= 15 is 0 Å². The van der Waals surface area contributed by atoms with E-state index in [0.29, 0.717) is 5.95 Å². The minimum absolute atomic E-state index is 0.00127. The lowest BCUT2D eigenvalue weighted by atomic mass is 10.4. The van der Waals surface area contributed by atoms with Crippen molar-refractivity contribution in [2.24, 2.45) is 0 Å². The van der Waals surface area contributed by atoms with Crippen LogP contribution in [-0.4, -0.2) is 55.1 Å². The molecule has 0 aromatic carbocycles. The molecule has 0 bridgehead atoms. The highest BCUT2D eigenvalue weighted by Gasteiger charge is 2.13. The Kier molecular flexibility index (Phi) is 5.93. The van der Waals surface area contributed by atoms with E-state index in [1.807, 2.05) is 6.92 Å². The van der Waals surface area contributed by atoms with Crippen molar-refractivity contribution in [1.29, 1.82) is 0 Å². The van der Waals surface area contributed by atoms with Crippen LogP contribution in [0, 0.1) is 0 Å². The van der Waals surface area contributed by atoms with Gasteiger partial charge < -0.3 is 15.4 Å². The summed E-state index contributed by atoms with van der Waals surface area (Å²) in [6.45, 7) is 4.50. The van der Waals surface area contributed by atoms with E-state index in [9.17, 15) is 8.42 Å². The van der Waals surface area contributed by atoms with Crippen molar-refractivity contribution in [3.63, 3.8) is 0 Å². The number of hydrogen-bond donors (Lipinski definition) is 2. The summed E-state index contributed by atoms with van der Waals surface area (Å²) in [5.74, 6) is 0.679. The molecule has 0 saturated carbocycles. The summed E-state index contributed by atoms with van der Waals surface area (Å²) in [5, 5.41) is 5.96. The summed E-state index contributed by atoms with van der Waals surface area (Å²) in [5.41, 5.74) is 0. The van der Waals surface area contributed by atoms with E-state index in [2.05, 4.69) is 25.6 Å². The normalized spacial score (nSPS) is 12.8. The monoisotopic (exact) mass is 303 g/mol. The van der Waals surface area contributed by atoms with Gasteiger partial charge in [0.25, 0.3) is 0 Å². The fraction of sp³-hybridized carbons (Fsp3) is 0.727. The zero-order valence-corrected chi connectivity index (χ0v) is 13.0. The molecule has 0 amide bonds. The maximum atomic E-state index is 11.2. The summed E-state index contributed by atoms with van der Waals surface area (Å²) in [6, 6.07) is -0.135.